The summed E-state index contributed by atoms with van der Waals surface area (Å²) in [6.45, 7) is 8.04. The van der Waals surface area contributed by atoms with Crippen molar-refractivity contribution in [2.45, 2.75) is 65.2 Å². The number of H-pyrrole nitrogens is 2. The molecule has 6 heteroatoms. The Labute approximate surface area is 233 Å². The Hall–Kier alpha value is -4.32. The van der Waals surface area contributed by atoms with Crippen LogP contribution in [0.5, 0.6) is 0 Å². The Bertz CT molecular complexity index is 1570. The van der Waals surface area contributed by atoms with E-state index in [0.717, 1.165) is 22.2 Å². The van der Waals surface area contributed by atoms with E-state index in [1.54, 1.807) is 0 Å². The predicted molar refractivity (Wildman–Crippen MR) is 158 cm³/mol. The Morgan fingerprint density at radius 3 is 1.30 bits per heavy atom. The molecule has 4 aromatic rings. The second-order valence-electron chi connectivity index (χ2n) is 11.1. The summed E-state index contributed by atoms with van der Waals surface area (Å²) in [5.41, 5.74) is 6.18. The molecule has 204 valence electrons. The number of Topliss-reactive ketones (excluding diaryl/α,β-unsaturated/α-hetero) is 4. The minimum atomic E-state index is -1.44. The average molecular weight is 535 g/mol. The van der Waals surface area contributed by atoms with Crippen molar-refractivity contribution < 1.29 is 19.2 Å². The molecule has 2 aromatic heterocycles. The summed E-state index contributed by atoms with van der Waals surface area (Å²) in [6.07, 6.45) is 6.67. The Kier molecular flexibility index (Phi) is 7.53. The van der Waals surface area contributed by atoms with E-state index < -0.39 is 35.0 Å². The Morgan fingerprint density at radius 2 is 0.950 bits per heavy atom. The molecule has 0 radical (unpaired) electrons. The maximum absolute atomic E-state index is 13.8. The summed E-state index contributed by atoms with van der Waals surface area (Å²) in [4.78, 5) is 62.1. The number of aromatic amines is 2. The number of hydrogen-bond donors (Lipinski definition) is 2. The number of nitrogens with one attached hydrogen (secondary N) is 2. The number of fused-ring (bicyclic) bond motifs is 2. The summed E-state index contributed by atoms with van der Waals surface area (Å²) in [5.74, 6) is -6.14. The van der Waals surface area contributed by atoms with E-state index >= 15 is 0 Å². The monoisotopic (exact) mass is 534 g/mol. The van der Waals surface area contributed by atoms with E-state index in [2.05, 4.69) is 22.1 Å². The fraction of sp³-hybridized carbons (Fsp3) is 0.294. The van der Waals surface area contributed by atoms with Gasteiger partial charge in [0.25, 0.3) is 0 Å². The summed E-state index contributed by atoms with van der Waals surface area (Å²) in [6, 6.07) is 14.8. The molecule has 0 saturated heterocycles. The molecule has 0 aliphatic heterocycles. The van der Waals surface area contributed by atoms with E-state index in [1.807, 2.05) is 76.2 Å². The number of hydrogen-bond acceptors (Lipinski definition) is 4. The molecule has 0 spiro atoms. The highest BCUT2D eigenvalue weighted by atomic mass is 16.2. The first-order chi connectivity index (χ1) is 19.2. The number of aryl methyl sites for hydroxylation is 2. The largest absolute Gasteiger partial charge is 0.358 e. The smallest absolute Gasteiger partial charge is 0.214 e. The number of carbonyl (C=O) groups excluding carboxylic acids is 4. The van der Waals surface area contributed by atoms with Crippen molar-refractivity contribution in [1.29, 1.82) is 0 Å². The highest BCUT2D eigenvalue weighted by Crippen LogP contribution is 2.40. The SMILES string of the molecule is CC(C)=CCCc1[nH]c2ccccc2c1C1C(=O)C(=O)C(c2c(CCC=C(C)C)[nH]c3ccccc23)C(=O)C1=O. The standard InChI is InChI=1S/C34H34N2O4/c1-19(2)11-9-17-25-27(21-13-5-7-15-23(21)35-25)29-31(37)33(39)30(34(40)32(29)38)28-22-14-6-8-16-24(22)36-26(28)18-10-12-20(3)4/h5-8,11-16,29-30,35-36H,9-10,17-18H2,1-4H3. The molecule has 1 saturated carbocycles. The van der Waals surface area contributed by atoms with Gasteiger partial charge in [-0.25, -0.2) is 0 Å². The number of rotatable bonds is 8. The fourth-order valence-electron chi connectivity index (χ4n) is 5.83. The number of benzene rings is 2. The van der Waals surface area contributed by atoms with Gasteiger partial charge in [-0.2, -0.15) is 0 Å². The summed E-state index contributed by atoms with van der Waals surface area (Å²) in [5, 5.41) is 1.38. The second kappa shape index (κ2) is 11.0. The molecule has 2 aromatic carbocycles. The van der Waals surface area contributed by atoms with Crippen LogP contribution in [0.25, 0.3) is 21.8 Å². The van der Waals surface area contributed by atoms with Crippen LogP contribution < -0.4 is 0 Å². The van der Waals surface area contributed by atoms with Gasteiger partial charge in [0.05, 0.1) is 0 Å². The van der Waals surface area contributed by atoms with Gasteiger partial charge in [-0.05, 0) is 76.6 Å². The van der Waals surface area contributed by atoms with Crippen molar-refractivity contribution in [3.63, 3.8) is 0 Å². The molecule has 1 fully saturated rings. The third-order valence-electron chi connectivity index (χ3n) is 7.66. The molecule has 1 aliphatic rings. The van der Waals surface area contributed by atoms with Crippen molar-refractivity contribution in [3.05, 3.63) is 94.3 Å². The van der Waals surface area contributed by atoms with Crippen LogP contribution >= 0.6 is 0 Å². The van der Waals surface area contributed by atoms with Crippen molar-refractivity contribution in [1.82, 2.24) is 9.97 Å². The van der Waals surface area contributed by atoms with Crippen LogP contribution in [0.1, 0.15) is 74.9 Å². The molecule has 5 rings (SSSR count). The van der Waals surface area contributed by atoms with Gasteiger partial charge in [0.15, 0.2) is 0 Å². The van der Waals surface area contributed by atoms with Crippen molar-refractivity contribution in [2.24, 2.45) is 0 Å². The Morgan fingerprint density at radius 1 is 0.600 bits per heavy atom. The third-order valence-corrected chi connectivity index (χ3v) is 7.66. The molecule has 2 heterocycles. The number of allylic oxidation sites excluding steroid dienone is 4. The molecule has 0 amide bonds. The highest BCUT2D eigenvalue weighted by molar-refractivity contribution is 6.64. The number of aromatic nitrogens is 2. The molecular weight excluding hydrogens is 500 g/mol. The van der Waals surface area contributed by atoms with Gasteiger partial charge in [-0.1, -0.05) is 59.7 Å². The lowest BCUT2D eigenvalue weighted by Gasteiger charge is -2.25. The normalized spacial score (nSPS) is 17.6. The van der Waals surface area contributed by atoms with Crippen LogP contribution in [0.4, 0.5) is 0 Å². The summed E-state index contributed by atoms with van der Waals surface area (Å²) in [7, 11) is 0. The van der Waals surface area contributed by atoms with Crippen molar-refractivity contribution in [2.75, 3.05) is 0 Å². The zero-order chi connectivity index (χ0) is 28.6. The van der Waals surface area contributed by atoms with Gasteiger partial charge in [0, 0.05) is 33.2 Å². The lowest BCUT2D eigenvalue weighted by Crippen LogP contribution is -2.46. The van der Waals surface area contributed by atoms with Gasteiger partial charge in [0.2, 0.25) is 23.1 Å². The van der Waals surface area contributed by atoms with Gasteiger partial charge in [-0.3, -0.25) is 19.2 Å². The van der Waals surface area contributed by atoms with Gasteiger partial charge < -0.3 is 9.97 Å². The summed E-state index contributed by atoms with van der Waals surface area (Å²) >= 11 is 0. The quantitative estimate of drug-likeness (QED) is 0.151. The second-order valence-corrected chi connectivity index (χ2v) is 11.1. The minimum absolute atomic E-state index is 0.454. The topological polar surface area (TPSA) is 99.9 Å². The molecule has 0 bridgehead atoms. The van der Waals surface area contributed by atoms with E-state index in [1.165, 1.54) is 0 Å². The van der Waals surface area contributed by atoms with Gasteiger partial charge in [0.1, 0.15) is 11.8 Å². The van der Waals surface area contributed by atoms with E-state index in [-0.39, 0.29) is 0 Å². The minimum Gasteiger partial charge on any atom is -0.358 e. The third kappa shape index (κ3) is 4.90. The molecule has 1 aliphatic carbocycles. The predicted octanol–water partition coefficient (Wildman–Crippen LogP) is 6.60. The number of carbonyl (C=O) groups is 4. The Balaban J connectivity index is 1.59. The van der Waals surface area contributed by atoms with E-state index in [9.17, 15) is 19.2 Å². The van der Waals surface area contributed by atoms with Crippen LogP contribution in [0, 0.1) is 0 Å². The maximum atomic E-state index is 13.8. The molecular formula is C34H34N2O4. The zero-order valence-corrected chi connectivity index (χ0v) is 23.4. The van der Waals surface area contributed by atoms with Crippen molar-refractivity contribution >= 4 is 44.9 Å². The van der Waals surface area contributed by atoms with Crippen LogP contribution in [0.3, 0.4) is 0 Å². The highest BCUT2D eigenvalue weighted by Gasteiger charge is 2.52. The maximum Gasteiger partial charge on any atom is 0.214 e. The number of ketones is 4. The molecule has 40 heavy (non-hydrogen) atoms. The molecule has 0 unspecified atom stereocenters. The van der Waals surface area contributed by atoms with Crippen LogP contribution in [-0.2, 0) is 32.0 Å². The first kappa shape index (κ1) is 27.3. The lowest BCUT2D eigenvalue weighted by atomic mass is 9.71. The van der Waals surface area contributed by atoms with Crippen molar-refractivity contribution in [3.8, 4) is 0 Å². The lowest BCUT2D eigenvalue weighted by molar-refractivity contribution is -0.151. The molecule has 0 atom stereocenters. The van der Waals surface area contributed by atoms with E-state index in [0.29, 0.717) is 59.0 Å². The first-order valence-corrected chi connectivity index (χ1v) is 13.8. The molecule has 6 nitrogen and oxygen atoms in total. The number of para-hydroxylation sites is 2. The first-order valence-electron chi connectivity index (χ1n) is 13.8. The van der Waals surface area contributed by atoms with E-state index in [4.69, 9.17) is 0 Å². The van der Waals surface area contributed by atoms with Gasteiger partial charge in [-0.15, -0.1) is 0 Å². The van der Waals surface area contributed by atoms with Crippen LogP contribution in [0.2, 0.25) is 0 Å². The average Bonchev–Trinajstić information content (AvgIpc) is 3.46. The van der Waals surface area contributed by atoms with Crippen LogP contribution in [0.15, 0.2) is 71.8 Å². The molecule has 2 N–H and O–H groups in total. The van der Waals surface area contributed by atoms with Crippen LogP contribution in [-0.4, -0.2) is 33.1 Å². The zero-order valence-electron chi connectivity index (χ0n) is 23.4. The summed E-state index contributed by atoms with van der Waals surface area (Å²) < 4.78 is 0. The van der Waals surface area contributed by atoms with Gasteiger partial charge >= 0.3 is 0 Å². The fourth-order valence-corrected chi connectivity index (χ4v) is 5.83.